The summed E-state index contributed by atoms with van der Waals surface area (Å²) in [7, 11) is 2.10. The lowest BCUT2D eigenvalue weighted by atomic mass is 9.86. The van der Waals surface area contributed by atoms with E-state index in [1.54, 1.807) is 0 Å². The molecule has 0 aromatic heterocycles. The summed E-state index contributed by atoms with van der Waals surface area (Å²) in [5.74, 6) is 0.604. The lowest BCUT2D eigenvalue weighted by molar-refractivity contribution is -0.141. The summed E-state index contributed by atoms with van der Waals surface area (Å²) < 4.78 is 0. The highest BCUT2D eigenvalue weighted by atomic mass is 16.2. The molecule has 1 aromatic rings. The average Bonchev–Trinajstić information content (AvgIpc) is 2.72. The van der Waals surface area contributed by atoms with E-state index in [-0.39, 0.29) is 17.2 Å². The van der Waals surface area contributed by atoms with Gasteiger partial charge in [0, 0.05) is 51.6 Å². The predicted octanol–water partition coefficient (Wildman–Crippen LogP) is 2.93. The van der Waals surface area contributed by atoms with Crippen LogP contribution in [-0.4, -0.2) is 72.8 Å². The minimum absolute atomic E-state index is 0.0902. The monoisotopic (exact) mass is 399 g/mol. The summed E-state index contributed by atoms with van der Waals surface area (Å²) in [4.78, 5) is 31.6. The Bertz CT molecular complexity index is 692. The van der Waals surface area contributed by atoms with Gasteiger partial charge in [0.05, 0.1) is 0 Å². The highest BCUT2D eigenvalue weighted by molar-refractivity contribution is 5.80. The van der Waals surface area contributed by atoms with Crippen LogP contribution in [0.1, 0.15) is 51.2 Å². The Morgan fingerprint density at radius 1 is 0.897 bits per heavy atom. The lowest BCUT2D eigenvalue weighted by Crippen LogP contribution is -2.51. The third kappa shape index (κ3) is 5.81. The van der Waals surface area contributed by atoms with Crippen molar-refractivity contribution in [3.05, 3.63) is 35.4 Å². The van der Waals surface area contributed by atoms with Crippen LogP contribution in [-0.2, 0) is 21.4 Å². The van der Waals surface area contributed by atoms with Gasteiger partial charge < -0.3 is 14.7 Å². The molecule has 2 saturated heterocycles. The first kappa shape index (κ1) is 21.8. The SMILES string of the molecule is CN1CCN(C(=O)C2CCN(C(=O)CCc3ccc(C(C)(C)C)cc3)CC2)CC1. The van der Waals surface area contributed by atoms with Crippen LogP contribution >= 0.6 is 0 Å². The van der Waals surface area contributed by atoms with E-state index in [0.717, 1.165) is 45.4 Å². The highest BCUT2D eigenvalue weighted by Gasteiger charge is 2.31. The van der Waals surface area contributed by atoms with Crippen LogP contribution in [0.4, 0.5) is 0 Å². The smallest absolute Gasteiger partial charge is 0.225 e. The van der Waals surface area contributed by atoms with Crippen LogP contribution in [0.2, 0.25) is 0 Å². The fourth-order valence-corrected chi connectivity index (χ4v) is 4.24. The maximum absolute atomic E-state index is 12.7. The number of amides is 2. The number of hydrogen-bond donors (Lipinski definition) is 0. The predicted molar refractivity (Wildman–Crippen MR) is 117 cm³/mol. The molecule has 3 rings (SSSR count). The number of benzene rings is 1. The van der Waals surface area contributed by atoms with Crippen LogP contribution in [0.25, 0.3) is 0 Å². The Morgan fingerprint density at radius 2 is 1.48 bits per heavy atom. The Morgan fingerprint density at radius 3 is 2.03 bits per heavy atom. The van der Waals surface area contributed by atoms with Crippen molar-refractivity contribution in [2.45, 2.75) is 51.9 Å². The molecule has 5 nitrogen and oxygen atoms in total. The zero-order chi connectivity index (χ0) is 21.0. The number of rotatable bonds is 4. The molecule has 5 heteroatoms. The third-order valence-corrected chi connectivity index (χ3v) is 6.46. The van der Waals surface area contributed by atoms with Crippen molar-refractivity contribution >= 4 is 11.8 Å². The molecule has 29 heavy (non-hydrogen) atoms. The van der Waals surface area contributed by atoms with Crippen molar-refractivity contribution in [1.29, 1.82) is 0 Å². The number of carbonyl (C=O) groups excluding carboxylic acids is 2. The molecule has 2 heterocycles. The number of likely N-dealkylation sites (tertiary alicyclic amines) is 1. The van der Waals surface area contributed by atoms with Crippen LogP contribution in [0.5, 0.6) is 0 Å². The molecule has 0 saturated carbocycles. The number of likely N-dealkylation sites (N-methyl/N-ethyl adjacent to an activating group) is 1. The Labute approximate surface area is 176 Å². The quantitative estimate of drug-likeness (QED) is 0.782. The van der Waals surface area contributed by atoms with Gasteiger partial charge in [0.1, 0.15) is 0 Å². The van der Waals surface area contributed by atoms with Gasteiger partial charge in [0.15, 0.2) is 0 Å². The molecule has 0 N–H and O–H groups in total. The molecule has 2 fully saturated rings. The summed E-state index contributed by atoms with van der Waals surface area (Å²) in [5, 5.41) is 0. The van der Waals surface area contributed by atoms with Gasteiger partial charge >= 0.3 is 0 Å². The van der Waals surface area contributed by atoms with Crippen LogP contribution < -0.4 is 0 Å². The summed E-state index contributed by atoms with van der Waals surface area (Å²) in [6, 6.07) is 8.65. The van der Waals surface area contributed by atoms with Gasteiger partial charge in [-0.25, -0.2) is 0 Å². The third-order valence-electron chi connectivity index (χ3n) is 6.46. The van der Waals surface area contributed by atoms with Crippen LogP contribution in [0.15, 0.2) is 24.3 Å². The summed E-state index contributed by atoms with van der Waals surface area (Å²) >= 11 is 0. The first-order valence-corrected chi connectivity index (χ1v) is 11.1. The molecule has 2 aliphatic heterocycles. The van der Waals surface area contributed by atoms with Crippen molar-refractivity contribution in [3.8, 4) is 0 Å². The van der Waals surface area contributed by atoms with E-state index in [0.29, 0.717) is 25.4 Å². The number of nitrogens with zero attached hydrogens (tertiary/aromatic N) is 3. The molecule has 0 atom stereocenters. The fourth-order valence-electron chi connectivity index (χ4n) is 4.24. The van der Waals surface area contributed by atoms with Gasteiger partial charge in [0.2, 0.25) is 11.8 Å². The van der Waals surface area contributed by atoms with E-state index >= 15 is 0 Å². The molecular weight excluding hydrogens is 362 g/mol. The average molecular weight is 400 g/mol. The topological polar surface area (TPSA) is 43.9 Å². The van der Waals surface area contributed by atoms with E-state index in [2.05, 4.69) is 57.0 Å². The molecule has 0 unspecified atom stereocenters. The van der Waals surface area contributed by atoms with Crippen LogP contribution in [0, 0.1) is 5.92 Å². The second-order valence-corrected chi connectivity index (χ2v) is 9.73. The number of aryl methyl sites for hydroxylation is 1. The normalized spacial score (nSPS) is 19.4. The molecule has 2 aliphatic rings. The highest BCUT2D eigenvalue weighted by Crippen LogP contribution is 2.23. The van der Waals surface area contributed by atoms with Crippen molar-refractivity contribution in [1.82, 2.24) is 14.7 Å². The standard InChI is InChI=1S/C24H37N3O2/c1-24(2,3)21-8-5-19(6-9-21)7-10-22(28)26-13-11-20(12-14-26)23(29)27-17-15-25(4)16-18-27/h5-6,8-9,20H,7,10-18H2,1-4H3. The van der Waals surface area contributed by atoms with E-state index in [1.165, 1.54) is 11.1 Å². The maximum atomic E-state index is 12.7. The molecule has 1 aromatic carbocycles. The van der Waals surface area contributed by atoms with E-state index in [4.69, 9.17) is 0 Å². The van der Waals surface area contributed by atoms with Crippen molar-refractivity contribution in [2.24, 2.45) is 5.92 Å². The minimum atomic E-state index is 0.0902. The molecule has 0 aliphatic carbocycles. The number of piperidine rings is 1. The molecule has 0 spiro atoms. The van der Waals surface area contributed by atoms with Crippen LogP contribution in [0.3, 0.4) is 0 Å². The first-order valence-electron chi connectivity index (χ1n) is 11.1. The molecular formula is C24H37N3O2. The summed E-state index contributed by atoms with van der Waals surface area (Å²) in [6.07, 6.45) is 2.93. The number of carbonyl (C=O) groups is 2. The van der Waals surface area contributed by atoms with Gasteiger partial charge in [-0.1, -0.05) is 45.0 Å². The Hall–Kier alpha value is -1.88. The summed E-state index contributed by atoms with van der Waals surface area (Å²) in [5.41, 5.74) is 2.69. The number of hydrogen-bond acceptors (Lipinski definition) is 3. The maximum Gasteiger partial charge on any atom is 0.225 e. The van der Waals surface area contributed by atoms with Gasteiger partial charge in [-0.15, -0.1) is 0 Å². The molecule has 0 radical (unpaired) electrons. The van der Waals surface area contributed by atoms with Gasteiger partial charge in [-0.3, -0.25) is 9.59 Å². The zero-order valence-corrected chi connectivity index (χ0v) is 18.6. The number of piperazine rings is 1. The fraction of sp³-hybridized carbons (Fsp3) is 0.667. The Kier molecular flexibility index (Phi) is 6.99. The van der Waals surface area contributed by atoms with E-state index < -0.39 is 0 Å². The molecule has 0 bridgehead atoms. The second-order valence-electron chi connectivity index (χ2n) is 9.73. The van der Waals surface area contributed by atoms with Gasteiger partial charge in [-0.05, 0) is 42.9 Å². The molecule has 2 amide bonds. The van der Waals surface area contributed by atoms with Crippen molar-refractivity contribution in [2.75, 3.05) is 46.3 Å². The second kappa shape index (κ2) is 9.29. The minimum Gasteiger partial charge on any atom is -0.343 e. The van der Waals surface area contributed by atoms with Crippen molar-refractivity contribution < 1.29 is 9.59 Å². The lowest BCUT2D eigenvalue weighted by Gasteiger charge is -2.37. The largest absolute Gasteiger partial charge is 0.343 e. The zero-order valence-electron chi connectivity index (χ0n) is 18.6. The molecule has 160 valence electrons. The van der Waals surface area contributed by atoms with Crippen molar-refractivity contribution in [3.63, 3.8) is 0 Å². The van der Waals surface area contributed by atoms with E-state index in [1.807, 2.05) is 9.80 Å². The first-order chi connectivity index (χ1) is 13.7. The Balaban J connectivity index is 1.42. The summed E-state index contributed by atoms with van der Waals surface area (Å²) in [6.45, 7) is 11.7. The van der Waals surface area contributed by atoms with Gasteiger partial charge in [-0.2, -0.15) is 0 Å². The van der Waals surface area contributed by atoms with Gasteiger partial charge in [0.25, 0.3) is 0 Å². The van der Waals surface area contributed by atoms with E-state index in [9.17, 15) is 9.59 Å².